The van der Waals surface area contributed by atoms with Gasteiger partial charge in [-0.1, -0.05) is 39.1 Å². The highest BCUT2D eigenvalue weighted by Gasteiger charge is 2.20. The monoisotopic (exact) mass is 424 g/mol. The van der Waals surface area contributed by atoms with E-state index in [-0.39, 0.29) is 16.1 Å². The van der Waals surface area contributed by atoms with Crippen LogP contribution in [0.25, 0.3) is 0 Å². The van der Waals surface area contributed by atoms with E-state index in [0.29, 0.717) is 14.0 Å². The highest BCUT2D eigenvalue weighted by atomic mass is 79.9. The van der Waals surface area contributed by atoms with Crippen LogP contribution in [0.15, 0.2) is 39.3 Å². The van der Waals surface area contributed by atoms with Gasteiger partial charge < -0.3 is 0 Å². The molecule has 2 aromatic carbocycles. The van der Waals surface area contributed by atoms with E-state index in [1.165, 1.54) is 18.2 Å². The van der Waals surface area contributed by atoms with Crippen LogP contribution in [-0.4, -0.2) is 5.78 Å². The normalized spacial score (nSPS) is 10.6. The summed E-state index contributed by atoms with van der Waals surface area (Å²) in [5, 5.41) is 0.277. The summed E-state index contributed by atoms with van der Waals surface area (Å²) in [6, 6.07) is 7.64. The van der Waals surface area contributed by atoms with Gasteiger partial charge in [0.25, 0.3) is 0 Å². The molecule has 0 fully saturated rings. The van der Waals surface area contributed by atoms with E-state index in [1.807, 2.05) is 0 Å². The van der Waals surface area contributed by atoms with Crippen molar-refractivity contribution in [3.8, 4) is 0 Å². The van der Waals surface area contributed by atoms with E-state index in [2.05, 4.69) is 31.9 Å². The van der Waals surface area contributed by atoms with E-state index < -0.39 is 11.6 Å². The Labute approximate surface area is 136 Å². The van der Waals surface area contributed by atoms with E-state index in [1.54, 1.807) is 12.1 Å². The van der Waals surface area contributed by atoms with Crippen molar-refractivity contribution >= 4 is 60.8 Å². The predicted molar refractivity (Wildman–Crippen MR) is 81.7 cm³/mol. The molecule has 0 aliphatic heterocycles. The number of rotatable bonds is 2. The smallest absolute Gasteiger partial charge is 0.197 e. The number of hydrogen-bond donors (Lipinski definition) is 0. The molecule has 0 saturated heterocycles. The van der Waals surface area contributed by atoms with Gasteiger partial charge in [0.1, 0.15) is 0 Å². The van der Waals surface area contributed by atoms with Crippen LogP contribution < -0.4 is 0 Å². The predicted octanol–water partition coefficient (Wildman–Crippen LogP) is 5.89. The van der Waals surface area contributed by atoms with Crippen molar-refractivity contribution in [3.05, 3.63) is 66.3 Å². The standard InChI is InChI=1S/C13H5Br2Cl2FO/c14-9-3-1-6(16)5-8(9)13(19)7-2-4-10(15)11(17)12(7)18/h1-5H. The summed E-state index contributed by atoms with van der Waals surface area (Å²) in [7, 11) is 0. The lowest BCUT2D eigenvalue weighted by molar-refractivity contribution is 0.103. The van der Waals surface area contributed by atoms with Crippen molar-refractivity contribution in [3.63, 3.8) is 0 Å². The van der Waals surface area contributed by atoms with Crippen molar-refractivity contribution in [2.75, 3.05) is 0 Å². The third-order valence-electron chi connectivity index (χ3n) is 2.45. The van der Waals surface area contributed by atoms with Crippen molar-refractivity contribution in [2.24, 2.45) is 0 Å². The van der Waals surface area contributed by atoms with Crippen molar-refractivity contribution in [2.45, 2.75) is 0 Å². The molecule has 0 aliphatic rings. The van der Waals surface area contributed by atoms with E-state index in [0.717, 1.165) is 0 Å². The van der Waals surface area contributed by atoms with Crippen LogP contribution in [0.5, 0.6) is 0 Å². The first-order chi connectivity index (χ1) is 8.91. The number of hydrogen-bond acceptors (Lipinski definition) is 1. The number of benzene rings is 2. The molecule has 19 heavy (non-hydrogen) atoms. The first-order valence-corrected chi connectivity index (χ1v) is 7.39. The van der Waals surface area contributed by atoms with E-state index in [4.69, 9.17) is 23.2 Å². The van der Waals surface area contributed by atoms with Crippen LogP contribution in [0.1, 0.15) is 15.9 Å². The van der Waals surface area contributed by atoms with Crippen molar-refractivity contribution < 1.29 is 9.18 Å². The lowest BCUT2D eigenvalue weighted by Crippen LogP contribution is -2.06. The van der Waals surface area contributed by atoms with Gasteiger partial charge in [-0.15, -0.1) is 0 Å². The zero-order chi connectivity index (χ0) is 14.2. The maximum absolute atomic E-state index is 14.0. The van der Waals surface area contributed by atoms with Crippen molar-refractivity contribution in [1.29, 1.82) is 0 Å². The molecule has 0 aliphatic carbocycles. The van der Waals surface area contributed by atoms with Crippen LogP contribution in [0, 0.1) is 5.82 Å². The molecule has 2 aromatic rings. The Hall–Kier alpha value is -0.420. The molecule has 0 amide bonds. The molecule has 0 heterocycles. The molecule has 0 atom stereocenters. The lowest BCUT2D eigenvalue weighted by Gasteiger charge is -2.07. The average Bonchev–Trinajstić information content (AvgIpc) is 2.38. The molecule has 98 valence electrons. The summed E-state index contributed by atoms with van der Waals surface area (Å²) >= 11 is 18.0. The Morgan fingerprint density at radius 2 is 1.63 bits per heavy atom. The Morgan fingerprint density at radius 3 is 2.32 bits per heavy atom. The Kier molecular flexibility index (Phi) is 4.66. The van der Waals surface area contributed by atoms with Crippen LogP contribution in [0.3, 0.4) is 0 Å². The van der Waals surface area contributed by atoms with Gasteiger partial charge in [-0.3, -0.25) is 4.79 Å². The minimum atomic E-state index is -0.757. The van der Waals surface area contributed by atoms with E-state index in [9.17, 15) is 9.18 Å². The molecule has 0 saturated carbocycles. The number of carbonyl (C=O) groups excluding carboxylic acids is 1. The van der Waals surface area contributed by atoms with Gasteiger partial charge in [0.2, 0.25) is 0 Å². The van der Waals surface area contributed by atoms with Gasteiger partial charge in [0.05, 0.1) is 10.6 Å². The van der Waals surface area contributed by atoms with E-state index >= 15 is 0 Å². The van der Waals surface area contributed by atoms with Gasteiger partial charge in [-0.25, -0.2) is 4.39 Å². The molecule has 2 rings (SSSR count). The molecule has 1 nitrogen and oxygen atoms in total. The van der Waals surface area contributed by atoms with Gasteiger partial charge in [-0.05, 0) is 46.3 Å². The third kappa shape index (κ3) is 3.02. The maximum Gasteiger partial charge on any atom is 0.197 e. The fourth-order valence-corrected chi connectivity index (χ4v) is 2.59. The largest absolute Gasteiger partial charge is 0.288 e. The van der Waals surface area contributed by atoms with Crippen LogP contribution in [-0.2, 0) is 0 Å². The second-order valence-electron chi connectivity index (χ2n) is 3.68. The SMILES string of the molecule is O=C(c1cc(Cl)ccc1Br)c1ccc(Br)c(Cl)c1F. The topological polar surface area (TPSA) is 17.1 Å². The summed E-state index contributed by atoms with van der Waals surface area (Å²) in [5.74, 6) is -1.24. The molecule has 6 heteroatoms. The fourth-order valence-electron chi connectivity index (χ4n) is 1.52. The zero-order valence-electron chi connectivity index (χ0n) is 9.18. The lowest BCUT2D eigenvalue weighted by atomic mass is 10.0. The molecule has 0 bridgehead atoms. The third-order valence-corrected chi connectivity index (χ3v) is 4.64. The van der Waals surface area contributed by atoms with Gasteiger partial charge in [0, 0.05) is 19.5 Å². The molecule has 0 spiro atoms. The number of ketones is 1. The Balaban J connectivity index is 2.56. The molecule has 0 unspecified atom stereocenters. The van der Waals surface area contributed by atoms with Crippen LogP contribution >= 0.6 is 55.1 Å². The van der Waals surface area contributed by atoms with Gasteiger partial charge >= 0.3 is 0 Å². The molecular formula is C13H5Br2Cl2FO. The van der Waals surface area contributed by atoms with Gasteiger partial charge in [-0.2, -0.15) is 0 Å². The molecular weight excluding hydrogens is 422 g/mol. The minimum Gasteiger partial charge on any atom is -0.288 e. The average molecular weight is 427 g/mol. The van der Waals surface area contributed by atoms with Gasteiger partial charge in [0.15, 0.2) is 11.6 Å². The zero-order valence-corrected chi connectivity index (χ0v) is 13.9. The summed E-state index contributed by atoms with van der Waals surface area (Å²) in [5.41, 5.74) is 0.181. The quantitative estimate of drug-likeness (QED) is 0.432. The van der Waals surface area contributed by atoms with Crippen LogP contribution in [0.2, 0.25) is 10.0 Å². The molecule has 0 radical (unpaired) electrons. The summed E-state index contributed by atoms with van der Waals surface area (Å²) in [6.45, 7) is 0. The highest BCUT2D eigenvalue weighted by Crippen LogP contribution is 2.30. The number of halogens is 5. The summed E-state index contributed by atoms with van der Waals surface area (Å²) in [6.07, 6.45) is 0. The summed E-state index contributed by atoms with van der Waals surface area (Å²) in [4.78, 5) is 12.3. The van der Waals surface area contributed by atoms with Crippen molar-refractivity contribution in [1.82, 2.24) is 0 Å². The summed E-state index contributed by atoms with van der Waals surface area (Å²) < 4.78 is 14.9. The first kappa shape index (κ1) is 15.0. The Morgan fingerprint density at radius 1 is 1.00 bits per heavy atom. The highest BCUT2D eigenvalue weighted by molar-refractivity contribution is 9.10. The second kappa shape index (κ2) is 5.92. The minimum absolute atomic E-state index is 0.101. The molecule has 0 N–H and O–H groups in total. The first-order valence-electron chi connectivity index (χ1n) is 5.05. The second-order valence-corrected chi connectivity index (χ2v) is 6.20. The van der Waals surface area contributed by atoms with Crippen LogP contribution in [0.4, 0.5) is 4.39 Å². The Bertz CT molecular complexity index is 674. The maximum atomic E-state index is 14.0. The molecule has 0 aromatic heterocycles. The fraction of sp³-hybridized carbons (Fsp3) is 0. The number of carbonyl (C=O) groups is 1.